The maximum absolute atomic E-state index is 9.18. The summed E-state index contributed by atoms with van der Waals surface area (Å²) in [6.45, 7) is 0.247. The predicted octanol–water partition coefficient (Wildman–Crippen LogP) is 3.77. The zero-order valence-electron chi connectivity index (χ0n) is 10.3. The van der Waals surface area contributed by atoms with Gasteiger partial charge in [-0.3, -0.25) is 0 Å². The third-order valence-corrected chi connectivity index (χ3v) is 4.08. The van der Waals surface area contributed by atoms with E-state index in [2.05, 4.69) is 48.5 Å². The first kappa shape index (κ1) is 13.2. The molecule has 2 aromatic rings. The van der Waals surface area contributed by atoms with Gasteiger partial charge in [0.1, 0.15) is 0 Å². The molecule has 0 aromatic heterocycles. The highest BCUT2D eigenvalue weighted by Gasteiger charge is 2.10. The van der Waals surface area contributed by atoms with Gasteiger partial charge in [0.15, 0.2) is 0 Å². The third-order valence-electron chi connectivity index (χ3n) is 2.80. The minimum absolute atomic E-state index is 0.247. The molecule has 2 heteroatoms. The minimum atomic E-state index is 0.247. The van der Waals surface area contributed by atoms with Gasteiger partial charge >= 0.3 is 0 Å². The molecular formula is C16H18OS. The Bertz CT molecular complexity index is 400. The average molecular weight is 258 g/mol. The lowest BCUT2D eigenvalue weighted by atomic mass is 10.1. The molecule has 0 aliphatic carbocycles. The van der Waals surface area contributed by atoms with Crippen LogP contribution in [0.1, 0.15) is 12.0 Å². The monoisotopic (exact) mass is 258 g/mol. The van der Waals surface area contributed by atoms with E-state index in [-0.39, 0.29) is 6.61 Å². The first-order chi connectivity index (χ1) is 8.88. The summed E-state index contributed by atoms with van der Waals surface area (Å²) < 4.78 is 0. The van der Waals surface area contributed by atoms with E-state index in [1.807, 2.05) is 23.9 Å². The van der Waals surface area contributed by atoms with Crippen LogP contribution >= 0.6 is 11.8 Å². The summed E-state index contributed by atoms with van der Waals surface area (Å²) in [6.07, 6.45) is 1.83. The first-order valence-electron chi connectivity index (χ1n) is 6.25. The van der Waals surface area contributed by atoms with Crippen LogP contribution in [0, 0.1) is 0 Å². The summed E-state index contributed by atoms with van der Waals surface area (Å²) in [6, 6.07) is 20.9. The number of rotatable bonds is 6. The lowest BCUT2D eigenvalue weighted by Gasteiger charge is -2.15. The highest BCUT2D eigenvalue weighted by molar-refractivity contribution is 8.00. The number of benzene rings is 2. The number of hydrogen-bond donors (Lipinski definition) is 1. The molecule has 0 unspecified atom stereocenters. The zero-order chi connectivity index (χ0) is 12.6. The number of thioether (sulfide) groups is 1. The second-order valence-electron chi connectivity index (χ2n) is 4.25. The molecule has 1 atom stereocenters. The molecule has 0 aliphatic heterocycles. The van der Waals surface area contributed by atoms with E-state index in [1.165, 1.54) is 10.5 Å². The molecule has 94 valence electrons. The Morgan fingerprint density at radius 2 is 1.50 bits per heavy atom. The number of hydrogen-bond acceptors (Lipinski definition) is 2. The first-order valence-corrected chi connectivity index (χ1v) is 7.13. The van der Waals surface area contributed by atoms with Crippen molar-refractivity contribution >= 4 is 11.8 Å². The fraction of sp³-hybridized carbons (Fsp3) is 0.250. The molecule has 0 radical (unpaired) electrons. The third kappa shape index (κ3) is 4.21. The normalized spacial score (nSPS) is 12.3. The highest BCUT2D eigenvalue weighted by atomic mass is 32.2. The Labute approximate surface area is 113 Å². The van der Waals surface area contributed by atoms with Crippen LogP contribution in [-0.2, 0) is 6.42 Å². The molecule has 2 aromatic carbocycles. The van der Waals surface area contributed by atoms with E-state index in [0.717, 1.165) is 12.8 Å². The maximum Gasteiger partial charge on any atom is 0.0441 e. The van der Waals surface area contributed by atoms with Crippen LogP contribution in [0.5, 0.6) is 0 Å². The second kappa shape index (κ2) is 7.24. The molecule has 0 fully saturated rings. The average Bonchev–Trinajstić information content (AvgIpc) is 2.41. The SMILES string of the molecule is OCC[C@H](Cc1ccccc1)Sc1ccccc1. The Morgan fingerprint density at radius 3 is 2.11 bits per heavy atom. The van der Waals surface area contributed by atoms with Gasteiger partial charge in [-0.15, -0.1) is 11.8 Å². The van der Waals surface area contributed by atoms with Crippen LogP contribution in [0.3, 0.4) is 0 Å². The molecule has 2 rings (SSSR count). The molecule has 0 saturated carbocycles. The van der Waals surface area contributed by atoms with Crippen LogP contribution in [0.2, 0.25) is 0 Å². The van der Waals surface area contributed by atoms with Crippen molar-refractivity contribution in [3.8, 4) is 0 Å². The van der Waals surface area contributed by atoms with Crippen LogP contribution in [0.15, 0.2) is 65.6 Å². The van der Waals surface area contributed by atoms with Gasteiger partial charge in [0.25, 0.3) is 0 Å². The Hall–Kier alpha value is -1.25. The van der Waals surface area contributed by atoms with Gasteiger partial charge < -0.3 is 5.11 Å². The minimum Gasteiger partial charge on any atom is -0.396 e. The Kier molecular flexibility index (Phi) is 5.31. The molecule has 1 N–H and O–H groups in total. The van der Waals surface area contributed by atoms with Crippen molar-refractivity contribution in [1.29, 1.82) is 0 Å². The van der Waals surface area contributed by atoms with Crippen molar-refractivity contribution in [1.82, 2.24) is 0 Å². The van der Waals surface area contributed by atoms with Gasteiger partial charge in [-0.1, -0.05) is 48.5 Å². The molecule has 0 spiro atoms. The maximum atomic E-state index is 9.18. The summed E-state index contributed by atoms with van der Waals surface area (Å²) in [5, 5.41) is 9.61. The predicted molar refractivity (Wildman–Crippen MR) is 77.9 cm³/mol. The quantitative estimate of drug-likeness (QED) is 0.796. The molecule has 0 saturated heterocycles. The van der Waals surface area contributed by atoms with Crippen molar-refractivity contribution in [3.63, 3.8) is 0 Å². The summed E-state index contributed by atoms with van der Waals surface area (Å²) in [7, 11) is 0. The van der Waals surface area contributed by atoms with E-state index in [4.69, 9.17) is 0 Å². The Morgan fingerprint density at radius 1 is 0.889 bits per heavy atom. The fourth-order valence-electron chi connectivity index (χ4n) is 1.92. The van der Waals surface area contributed by atoms with E-state index in [0.29, 0.717) is 5.25 Å². The molecule has 1 nitrogen and oxygen atoms in total. The number of aliphatic hydroxyl groups excluding tert-OH is 1. The summed E-state index contributed by atoms with van der Waals surface area (Å²) in [4.78, 5) is 1.27. The van der Waals surface area contributed by atoms with Crippen LogP contribution < -0.4 is 0 Å². The van der Waals surface area contributed by atoms with E-state index in [9.17, 15) is 5.11 Å². The molecule has 0 aliphatic rings. The van der Waals surface area contributed by atoms with E-state index in [1.54, 1.807) is 0 Å². The van der Waals surface area contributed by atoms with Crippen LogP contribution in [-0.4, -0.2) is 17.0 Å². The van der Waals surface area contributed by atoms with Crippen LogP contribution in [0.25, 0.3) is 0 Å². The standard InChI is InChI=1S/C16H18OS/c17-12-11-16(13-14-7-3-1-4-8-14)18-15-9-5-2-6-10-15/h1-10,16-17H,11-13H2/t16-/m1/s1. The van der Waals surface area contributed by atoms with Gasteiger partial charge in [-0.2, -0.15) is 0 Å². The molecule has 0 heterocycles. The van der Waals surface area contributed by atoms with Crippen molar-refractivity contribution in [3.05, 3.63) is 66.2 Å². The number of aliphatic hydroxyl groups is 1. The van der Waals surface area contributed by atoms with Gasteiger partial charge in [0, 0.05) is 16.8 Å². The molecule has 0 amide bonds. The topological polar surface area (TPSA) is 20.2 Å². The lowest BCUT2D eigenvalue weighted by Crippen LogP contribution is -2.09. The van der Waals surface area contributed by atoms with Gasteiger partial charge in [0.05, 0.1) is 0 Å². The van der Waals surface area contributed by atoms with Crippen molar-refractivity contribution < 1.29 is 5.11 Å². The molecule has 18 heavy (non-hydrogen) atoms. The fourth-order valence-corrected chi connectivity index (χ4v) is 3.11. The van der Waals surface area contributed by atoms with Gasteiger partial charge in [-0.05, 0) is 30.5 Å². The highest BCUT2D eigenvalue weighted by Crippen LogP contribution is 2.27. The lowest BCUT2D eigenvalue weighted by molar-refractivity contribution is 0.287. The molecular weight excluding hydrogens is 240 g/mol. The summed E-state index contributed by atoms with van der Waals surface area (Å²) >= 11 is 1.85. The van der Waals surface area contributed by atoms with Crippen molar-refractivity contribution in [2.24, 2.45) is 0 Å². The second-order valence-corrected chi connectivity index (χ2v) is 5.63. The van der Waals surface area contributed by atoms with Gasteiger partial charge in [-0.25, -0.2) is 0 Å². The largest absolute Gasteiger partial charge is 0.396 e. The van der Waals surface area contributed by atoms with Gasteiger partial charge in [0.2, 0.25) is 0 Å². The smallest absolute Gasteiger partial charge is 0.0441 e. The molecule has 0 bridgehead atoms. The van der Waals surface area contributed by atoms with Crippen LogP contribution in [0.4, 0.5) is 0 Å². The van der Waals surface area contributed by atoms with Crippen molar-refractivity contribution in [2.45, 2.75) is 23.0 Å². The van der Waals surface area contributed by atoms with Crippen molar-refractivity contribution in [2.75, 3.05) is 6.61 Å². The van der Waals surface area contributed by atoms with E-state index < -0.39 is 0 Å². The zero-order valence-corrected chi connectivity index (χ0v) is 11.1. The summed E-state index contributed by atoms with van der Waals surface area (Å²) in [5.41, 5.74) is 1.33. The van der Waals surface area contributed by atoms with E-state index >= 15 is 0 Å². The summed E-state index contributed by atoms with van der Waals surface area (Å²) in [5.74, 6) is 0. The Balaban J connectivity index is 2.00.